The Morgan fingerprint density at radius 1 is 1.10 bits per heavy atom. The number of nitrogens with zero attached hydrogens (tertiary/aromatic N) is 3. The fraction of sp³-hybridized carbons (Fsp3) is 0.333. The van der Waals surface area contributed by atoms with E-state index in [0.717, 1.165) is 44.2 Å². The number of ether oxygens (including phenoxy) is 2. The molecule has 1 aromatic carbocycles. The van der Waals surface area contributed by atoms with Gasteiger partial charge in [0.2, 0.25) is 0 Å². The van der Waals surface area contributed by atoms with Crippen molar-refractivity contribution in [2.75, 3.05) is 14.2 Å². The average molecular weight is 394 g/mol. The number of hydrogen-bond acceptors (Lipinski definition) is 6. The molecular weight excluding hydrogens is 372 g/mol. The van der Waals surface area contributed by atoms with E-state index in [9.17, 15) is 9.90 Å². The molecule has 0 unspecified atom stereocenters. The van der Waals surface area contributed by atoms with E-state index < -0.39 is 5.97 Å². The monoisotopic (exact) mass is 394 g/mol. The van der Waals surface area contributed by atoms with Crippen molar-refractivity contribution < 1.29 is 19.4 Å². The van der Waals surface area contributed by atoms with Gasteiger partial charge in [-0.05, 0) is 18.1 Å². The second kappa shape index (κ2) is 7.38. The molecule has 0 saturated heterocycles. The van der Waals surface area contributed by atoms with E-state index in [0.29, 0.717) is 12.2 Å². The summed E-state index contributed by atoms with van der Waals surface area (Å²) in [4.78, 5) is 28.9. The third-order valence-corrected chi connectivity index (χ3v) is 4.96. The van der Waals surface area contributed by atoms with Crippen LogP contribution < -0.4 is 0 Å². The summed E-state index contributed by atoms with van der Waals surface area (Å²) in [7, 11) is 3.17. The zero-order valence-electron chi connectivity index (χ0n) is 16.7. The Hall–Kier alpha value is -3.10. The van der Waals surface area contributed by atoms with E-state index in [1.807, 2.05) is 12.1 Å². The number of rotatable bonds is 6. The van der Waals surface area contributed by atoms with Gasteiger partial charge in [-0.25, -0.2) is 19.7 Å². The van der Waals surface area contributed by atoms with Gasteiger partial charge in [0.15, 0.2) is 5.69 Å². The number of pyridine rings is 1. The van der Waals surface area contributed by atoms with E-state index in [1.165, 1.54) is 7.11 Å². The van der Waals surface area contributed by atoms with Crippen molar-refractivity contribution in [3.8, 4) is 0 Å². The van der Waals surface area contributed by atoms with Crippen LogP contribution in [0.1, 0.15) is 47.2 Å². The second-order valence-corrected chi connectivity index (χ2v) is 7.24. The lowest BCUT2D eigenvalue weighted by atomic mass is 10.0. The van der Waals surface area contributed by atoms with Gasteiger partial charge in [0.25, 0.3) is 0 Å². The van der Waals surface area contributed by atoms with Crippen LogP contribution in [0.25, 0.3) is 32.8 Å². The van der Waals surface area contributed by atoms with E-state index >= 15 is 0 Å². The lowest BCUT2D eigenvalue weighted by Crippen LogP contribution is -2.07. The van der Waals surface area contributed by atoms with Crippen molar-refractivity contribution in [2.24, 2.45) is 0 Å². The molecule has 3 heterocycles. The molecule has 150 valence electrons. The highest BCUT2D eigenvalue weighted by atomic mass is 16.5. The first-order chi connectivity index (χ1) is 14.0. The first-order valence-corrected chi connectivity index (χ1v) is 9.30. The van der Waals surface area contributed by atoms with Gasteiger partial charge in [0, 0.05) is 36.1 Å². The minimum Gasteiger partial charge on any atom is -0.477 e. The van der Waals surface area contributed by atoms with Crippen LogP contribution in [0.15, 0.2) is 18.3 Å². The minimum atomic E-state index is -1.09. The second-order valence-electron chi connectivity index (χ2n) is 7.24. The summed E-state index contributed by atoms with van der Waals surface area (Å²) in [6.45, 7) is 4.63. The number of H-pyrrole nitrogens is 1. The van der Waals surface area contributed by atoms with E-state index in [2.05, 4.69) is 23.8 Å². The number of hydrogen-bond donors (Lipinski definition) is 2. The van der Waals surface area contributed by atoms with Gasteiger partial charge in [-0.1, -0.05) is 13.8 Å². The van der Waals surface area contributed by atoms with Gasteiger partial charge in [0.05, 0.1) is 47.3 Å². The molecule has 0 atom stereocenters. The Morgan fingerprint density at radius 2 is 1.86 bits per heavy atom. The molecule has 0 aliphatic carbocycles. The van der Waals surface area contributed by atoms with Crippen LogP contribution in [-0.2, 0) is 22.7 Å². The average Bonchev–Trinajstić information content (AvgIpc) is 3.07. The third-order valence-electron chi connectivity index (χ3n) is 4.96. The summed E-state index contributed by atoms with van der Waals surface area (Å²) < 4.78 is 10.6. The van der Waals surface area contributed by atoms with Crippen molar-refractivity contribution in [2.45, 2.75) is 33.0 Å². The molecule has 0 aliphatic rings. The van der Waals surface area contributed by atoms with Crippen LogP contribution in [0, 0.1) is 0 Å². The fourth-order valence-corrected chi connectivity index (χ4v) is 3.78. The number of carboxylic acids is 1. The molecular formula is C21H22N4O4. The number of aromatic nitrogens is 4. The number of carbonyl (C=O) groups is 1. The molecule has 0 amide bonds. The number of aromatic amines is 1. The number of carboxylic acid groups (broad SMARTS) is 1. The van der Waals surface area contributed by atoms with Crippen molar-refractivity contribution in [1.29, 1.82) is 0 Å². The minimum absolute atomic E-state index is 0.0229. The van der Waals surface area contributed by atoms with Crippen LogP contribution in [0.3, 0.4) is 0 Å². The molecule has 0 saturated carbocycles. The molecule has 4 aromatic rings. The Morgan fingerprint density at radius 3 is 2.52 bits per heavy atom. The maximum atomic E-state index is 11.8. The van der Waals surface area contributed by atoms with Gasteiger partial charge in [-0.2, -0.15) is 0 Å². The van der Waals surface area contributed by atoms with E-state index in [1.54, 1.807) is 13.3 Å². The van der Waals surface area contributed by atoms with Crippen molar-refractivity contribution >= 4 is 38.8 Å². The number of fused-ring (bicyclic) bond motifs is 5. The smallest absolute Gasteiger partial charge is 0.354 e. The lowest BCUT2D eigenvalue weighted by Gasteiger charge is -2.13. The van der Waals surface area contributed by atoms with E-state index in [-0.39, 0.29) is 18.2 Å². The summed E-state index contributed by atoms with van der Waals surface area (Å²) in [5.41, 5.74) is 5.19. The Balaban J connectivity index is 2.17. The largest absolute Gasteiger partial charge is 0.477 e. The normalized spacial score (nSPS) is 11.9. The van der Waals surface area contributed by atoms with Crippen molar-refractivity contribution in [1.82, 2.24) is 19.9 Å². The molecule has 0 spiro atoms. The van der Waals surface area contributed by atoms with Crippen LogP contribution in [-0.4, -0.2) is 45.2 Å². The van der Waals surface area contributed by atoms with Gasteiger partial charge in [-0.3, -0.25) is 0 Å². The number of benzene rings is 1. The molecule has 29 heavy (non-hydrogen) atoms. The molecule has 0 radical (unpaired) electrons. The lowest BCUT2D eigenvalue weighted by molar-refractivity contribution is 0.0685. The van der Waals surface area contributed by atoms with Crippen LogP contribution in [0.4, 0.5) is 0 Å². The molecule has 2 N–H and O–H groups in total. The molecule has 8 heteroatoms. The highest BCUT2D eigenvalue weighted by molar-refractivity contribution is 6.20. The molecule has 3 aromatic heterocycles. The summed E-state index contributed by atoms with van der Waals surface area (Å²) in [5, 5.41) is 11.2. The van der Waals surface area contributed by atoms with Crippen LogP contribution >= 0.6 is 0 Å². The molecule has 0 aliphatic heterocycles. The van der Waals surface area contributed by atoms with Crippen LogP contribution in [0.2, 0.25) is 0 Å². The van der Waals surface area contributed by atoms with Gasteiger partial charge in [0.1, 0.15) is 0 Å². The Kier molecular flexibility index (Phi) is 4.89. The standard InChI is InChI=1S/C21H22N4O4/c1-10(2)18-15(9-29-4)24-13-6-5-12-17(20(13)25-18)16-11(8-28-3)19(21(26)27)22-7-14(16)23-12/h5-7,10,23H,8-9H2,1-4H3,(H,26,27). The zero-order chi connectivity index (χ0) is 20.7. The van der Waals surface area contributed by atoms with Gasteiger partial charge >= 0.3 is 5.97 Å². The zero-order valence-corrected chi connectivity index (χ0v) is 16.7. The Bertz CT molecular complexity index is 1250. The maximum absolute atomic E-state index is 11.8. The molecule has 4 rings (SSSR count). The highest BCUT2D eigenvalue weighted by Gasteiger charge is 2.21. The topological polar surface area (TPSA) is 110 Å². The Labute approximate surface area is 166 Å². The SMILES string of the molecule is COCc1nc2ccc3[nH]c4cnc(C(=O)O)c(COC)c4c3c2nc1C(C)C. The van der Waals surface area contributed by atoms with Crippen molar-refractivity contribution in [3.05, 3.63) is 41.0 Å². The highest BCUT2D eigenvalue weighted by Crippen LogP contribution is 2.35. The number of methoxy groups -OCH3 is 2. The molecule has 0 fully saturated rings. The predicted molar refractivity (Wildman–Crippen MR) is 109 cm³/mol. The molecule has 8 nitrogen and oxygen atoms in total. The number of nitrogens with one attached hydrogen (secondary N) is 1. The number of aromatic carboxylic acids is 1. The summed E-state index contributed by atoms with van der Waals surface area (Å²) >= 11 is 0. The molecule has 0 bridgehead atoms. The summed E-state index contributed by atoms with van der Waals surface area (Å²) in [6, 6.07) is 3.83. The predicted octanol–water partition coefficient (Wildman–Crippen LogP) is 3.77. The summed E-state index contributed by atoms with van der Waals surface area (Å²) in [5.74, 6) is -0.933. The first kappa shape index (κ1) is 19.2. The van der Waals surface area contributed by atoms with Crippen molar-refractivity contribution in [3.63, 3.8) is 0 Å². The quantitative estimate of drug-likeness (QED) is 0.512. The summed E-state index contributed by atoms with van der Waals surface area (Å²) in [6.07, 6.45) is 1.54. The van der Waals surface area contributed by atoms with E-state index in [4.69, 9.17) is 19.4 Å². The first-order valence-electron chi connectivity index (χ1n) is 9.30. The maximum Gasteiger partial charge on any atom is 0.354 e. The van der Waals surface area contributed by atoms with Crippen LogP contribution in [0.5, 0.6) is 0 Å². The third kappa shape index (κ3) is 3.10. The van der Waals surface area contributed by atoms with Gasteiger partial charge in [-0.15, -0.1) is 0 Å². The fourth-order valence-electron chi connectivity index (χ4n) is 3.78. The van der Waals surface area contributed by atoms with Gasteiger partial charge < -0.3 is 19.6 Å².